The van der Waals surface area contributed by atoms with E-state index in [2.05, 4.69) is 5.32 Å². The summed E-state index contributed by atoms with van der Waals surface area (Å²) in [6.07, 6.45) is -3.46. The lowest BCUT2D eigenvalue weighted by atomic mass is 10.2. The van der Waals surface area contributed by atoms with E-state index in [1.807, 2.05) is 0 Å². The van der Waals surface area contributed by atoms with E-state index in [1.54, 1.807) is 48.2 Å². The minimum absolute atomic E-state index is 0.00910. The van der Waals surface area contributed by atoms with Crippen molar-refractivity contribution in [2.24, 2.45) is 0 Å². The van der Waals surface area contributed by atoms with Gasteiger partial charge in [0.25, 0.3) is 10.0 Å². The summed E-state index contributed by atoms with van der Waals surface area (Å²) in [4.78, 5) is 26.3. The molecule has 0 saturated carbocycles. The maximum atomic E-state index is 13.4. The number of carbonyl (C=O) groups is 2. The molecule has 3 aromatic carbocycles. The number of benzene rings is 3. The third kappa shape index (κ3) is 5.93. The zero-order valence-corrected chi connectivity index (χ0v) is 20.6. The maximum Gasteiger partial charge on any atom is 0.416 e. The smallest absolute Gasteiger partial charge is 0.325 e. The number of hydrogen-bond acceptors (Lipinski definition) is 4. The molecule has 1 N–H and O–H groups in total. The highest BCUT2D eigenvalue weighted by Crippen LogP contribution is 2.33. The average molecular weight is 532 g/mol. The van der Waals surface area contributed by atoms with E-state index in [0.29, 0.717) is 34.7 Å². The third-order valence-corrected chi connectivity index (χ3v) is 7.68. The zero-order chi connectivity index (χ0) is 26.8. The Hall–Kier alpha value is -3.86. The molecule has 0 spiro atoms. The molecule has 11 heteroatoms. The van der Waals surface area contributed by atoms with E-state index >= 15 is 0 Å². The minimum Gasteiger partial charge on any atom is -0.325 e. The number of sulfonamides is 1. The lowest BCUT2D eigenvalue weighted by Crippen LogP contribution is -2.38. The van der Waals surface area contributed by atoms with Gasteiger partial charge in [0.2, 0.25) is 11.8 Å². The molecule has 37 heavy (non-hydrogen) atoms. The highest BCUT2D eigenvalue weighted by molar-refractivity contribution is 7.92. The van der Waals surface area contributed by atoms with Gasteiger partial charge >= 0.3 is 6.18 Å². The number of anilines is 3. The topological polar surface area (TPSA) is 86.8 Å². The summed E-state index contributed by atoms with van der Waals surface area (Å²) < 4.78 is 67.6. The second-order valence-corrected chi connectivity index (χ2v) is 10.5. The number of alkyl halides is 3. The molecular weight excluding hydrogens is 507 g/mol. The summed E-state index contributed by atoms with van der Waals surface area (Å²) in [5.41, 5.74) is 0.474. The Bertz CT molecular complexity index is 1410. The van der Waals surface area contributed by atoms with Gasteiger partial charge in [-0.1, -0.05) is 23.8 Å². The first-order chi connectivity index (χ1) is 17.4. The zero-order valence-electron chi connectivity index (χ0n) is 19.8. The van der Waals surface area contributed by atoms with Crippen LogP contribution >= 0.6 is 0 Å². The van der Waals surface area contributed by atoms with Crippen LogP contribution in [-0.4, -0.2) is 33.3 Å². The number of halogens is 3. The van der Waals surface area contributed by atoms with Crippen LogP contribution in [0.1, 0.15) is 24.0 Å². The maximum absolute atomic E-state index is 13.4. The quantitative estimate of drug-likeness (QED) is 0.466. The van der Waals surface area contributed by atoms with Gasteiger partial charge in [-0.25, -0.2) is 8.42 Å². The fraction of sp³-hybridized carbons (Fsp3) is 0.231. The van der Waals surface area contributed by atoms with Crippen LogP contribution in [0.15, 0.2) is 77.7 Å². The van der Waals surface area contributed by atoms with E-state index in [-0.39, 0.29) is 16.5 Å². The number of nitrogens with zero attached hydrogens (tertiary/aromatic N) is 2. The van der Waals surface area contributed by atoms with Crippen molar-refractivity contribution < 1.29 is 31.2 Å². The molecule has 0 aromatic heterocycles. The van der Waals surface area contributed by atoms with Crippen molar-refractivity contribution >= 4 is 38.9 Å². The Labute approximate surface area is 212 Å². The Kier molecular flexibility index (Phi) is 7.26. The molecule has 1 aliphatic rings. The molecule has 0 bridgehead atoms. The van der Waals surface area contributed by atoms with Crippen molar-refractivity contribution in [1.29, 1.82) is 0 Å². The number of carbonyl (C=O) groups excluding carboxylic acids is 2. The predicted molar refractivity (Wildman–Crippen MR) is 134 cm³/mol. The highest BCUT2D eigenvalue weighted by Gasteiger charge is 2.33. The fourth-order valence-electron chi connectivity index (χ4n) is 3.97. The highest BCUT2D eigenvalue weighted by atomic mass is 32.2. The number of nitrogens with one attached hydrogen (secondary N) is 1. The minimum atomic E-state index is -4.70. The molecule has 2 amide bonds. The molecule has 0 aliphatic carbocycles. The molecule has 0 unspecified atom stereocenters. The van der Waals surface area contributed by atoms with Crippen LogP contribution in [0.25, 0.3) is 0 Å². The van der Waals surface area contributed by atoms with E-state index in [4.69, 9.17) is 0 Å². The van der Waals surface area contributed by atoms with Crippen LogP contribution in [0.2, 0.25) is 0 Å². The van der Waals surface area contributed by atoms with E-state index in [0.717, 1.165) is 24.1 Å². The molecule has 4 rings (SSSR count). The van der Waals surface area contributed by atoms with Gasteiger partial charge in [-0.15, -0.1) is 0 Å². The van der Waals surface area contributed by atoms with Gasteiger partial charge in [-0.3, -0.25) is 13.9 Å². The van der Waals surface area contributed by atoms with Gasteiger partial charge in [-0.05, 0) is 67.9 Å². The standard InChI is InChI=1S/C26H24F3N3O4S/c1-18-7-13-23(14-8-18)37(35,36)32(22-5-2-4-19(16-22)26(27,28)29)17-24(33)30-20-9-11-21(12-10-20)31-15-3-6-25(31)34/h2,4-5,7-14,16H,3,6,15,17H2,1H3,(H,30,33). The normalized spacial score (nSPS) is 14.1. The molecule has 1 fully saturated rings. The largest absolute Gasteiger partial charge is 0.416 e. The summed E-state index contributed by atoms with van der Waals surface area (Å²) in [5, 5.41) is 2.58. The van der Waals surface area contributed by atoms with Crippen molar-refractivity contribution in [2.75, 3.05) is 27.6 Å². The molecule has 194 valence electrons. The monoisotopic (exact) mass is 531 g/mol. The van der Waals surface area contributed by atoms with Crippen LogP contribution in [0.3, 0.4) is 0 Å². The summed E-state index contributed by atoms with van der Waals surface area (Å²) in [6.45, 7) is 1.61. The molecule has 3 aromatic rings. The second kappa shape index (κ2) is 10.3. The first-order valence-electron chi connectivity index (χ1n) is 11.4. The SMILES string of the molecule is Cc1ccc(S(=O)(=O)N(CC(=O)Nc2ccc(N3CCCC3=O)cc2)c2cccc(C(F)(F)F)c2)cc1. The molecule has 1 heterocycles. The van der Waals surface area contributed by atoms with Crippen molar-refractivity contribution in [2.45, 2.75) is 30.8 Å². The molecule has 0 radical (unpaired) electrons. The van der Waals surface area contributed by atoms with Gasteiger partial charge < -0.3 is 10.2 Å². The van der Waals surface area contributed by atoms with Gasteiger partial charge in [0.1, 0.15) is 6.54 Å². The van der Waals surface area contributed by atoms with E-state index in [1.165, 1.54) is 18.2 Å². The van der Waals surface area contributed by atoms with Crippen LogP contribution in [0.4, 0.5) is 30.2 Å². The van der Waals surface area contributed by atoms with Crippen LogP contribution < -0.4 is 14.5 Å². The molecule has 1 saturated heterocycles. The van der Waals surface area contributed by atoms with Crippen molar-refractivity contribution in [3.8, 4) is 0 Å². The number of amides is 2. The number of aryl methyl sites for hydroxylation is 1. The first kappa shape index (κ1) is 26.2. The summed E-state index contributed by atoms with van der Waals surface area (Å²) in [5.74, 6) is -0.743. The average Bonchev–Trinajstić information content (AvgIpc) is 3.28. The van der Waals surface area contributed by atoms with Crippen LogP contribution in [-0.2, 0) is 25.8 Å². The Morgan fingerprint density at radius 3 is 2.30 bits per heavy atom. The molecular formula is C26H24F3N3O4S. The number of rotatable bonds is 7. The van der Waals surface area contributed by atoms with Gasteiger partial charge in [0, 0.05) is 24.3 Å². The molecule has 7 nitrogen and oxygen atoms in total. The summed E-state index contributed by atoms with van der Waals surface area (Å²) >= 11 is 0. The number of hydrogen-bond donors (Lipinski definition) is 1. The Morgan fingerprint density at radius 2 is 1.70 bits per heavy atom. The van der Waals surface area contributed by atoms with Crippen molar-refractivity contribution in [1.82, 2.24) is 0 Å². The lowest BCUT2D eigenvalue weighted by Gasteiger charge is -2.25. The summed E-state index contributed by atoms with van der Waals surface area (Å²) in [7, 11) is -4.38. The molecule has 0 atom stereocenters. The predicted octanol–water partition coefficient (Wildman–Crippen LogP) is 4.97. The Balaban J connectivity index is 1.61. The van der Waals surface area contributed by atoms with Crippen molar-refractivity contribution in [3.05, 3.63) is 83.9 Å². The van der Waals surface area contributed by atoms with Crippen molar-refractivity contribution in [3.63, 3.8) is 0 Å². The van der Waals surface area contributed by atoms with Crippen LogP contribution in [0.5, 0.6) is 0 Å². The lowest BCUT2D eigenvalue weighted by molar-refractivity contribution is -0.137. The molecule has 1 aliphatic heterocycles. The second-order valence-electron chi connectivity index (χ2n) is 8.62. The Morgan fingerprint density at radius 1 is 1.03 bits per heavy atom. The van der Waals surface area contributed by atoms with Gasteiger partial charge in [-0.2, -0.15) is 13.2 Å². The van der Waals surface area contributed by atoms with E-state index < -0.39 is 34.2 Å². The first-order valence-corrected chi connectivity index (χ1v) is 12.9. The van der Waals surface area contributed by atoms with Gasteiger partial charge in [0.05, 0.1) is 16.1 Å². The fourth-order valence-corrected chi connectivity index (χ4v) is 5.38. The van der Waals surface area contributed by atoms with Gasteiger partial charge in [0.15, 0.2) is 0 Å². The van der Waals surface area contributed by atoms with E-state index in [9.17, 15) is 31.2 Å². The third-order valence-electron chi connectivity index (χ3n) is 5.89. The van der Waals surface area contributed by atoms with Crippen LogP contribution in [0, 0.1) is 6.92 Å². The summed E-state index contributed by atoms with van der Waals surface area (Å²) in [6, 6.07) is 16.1.